The molecular formula is C21H36O4S. The van der Waals surface area contributed by atoms with Crippen molar-refractivity contribution in [3.05, 3.63) is 29.8 Å². The average Bonchev–Trinajstić information content (AvgIpc) is 2.61. The molecule has 4 nitrogen and oxygen atoms in total. The van der Waals surface area contributed by atoms with E-state index in [1.165, 1.54) is 64.2 Å². The van der Waals surface area contributed by atoms with Crippen LogP contribution in [-0.2, 0) is 20.9 Å². The molecule has 0 atom stereocenters. The fourth-order valence-electron chi connectivity index (χ4n) is 2.81. The quantitative estimate of drug-likeness (QED) is 0.265. The topological polar surface area (TPSA) is 52.6 Å². The summed E-state index contributed by atoms with van der Waals surface area (Å²) in [7, 11) is -3.40. The van der Waals surface area contributed by atoms with Gasteiger partial charge in [0.05, 0.1) is 19.5 Å². The van der Waals surface area contributed by atoms with Gasteiger partial charge in [0, 0.05) is 0 Å². The summed E-state index contributed by atoms with van der Waals surface area (Å²) in [4.78, 5) is 0. The molecule has 0 unspecified atom stereocenters. The molecule has 0 amide bonds. The van der Waals surface area contributed by atoms with Crippen molar-refractivity contribution in [1.82, 2.24) is 0 Å². The van der Waals surface area contributed by atoms with Crippen LogP contribution in [0.25, 0.3) is 0 Å². The van der Waals surface area contributed by atoms with E-state index >= 15 is 0 Å². The Morgan fingerprint density at radius 2 is 1.27 bits per heavy atom. The van der Waals surface area contributed by atoms with E-state index in [1.54, 1.807) is 0 Å². The van der Waals surface area contributed by atoms with Gasteiger partial charge < -0.3 is 4.74 Å². The number of hydrogen-bond donors (Lipinski definition) is 0. The molecule has 0 spiro atoms. The highest BCUT2D eigenvalue weighted by Gasteiger charge is 2.03. The zero-order valence-electron chi connectivity index (χ0n) is 16.5. The van der Waals surface area contributed by atoms with Crippen LogP contribution >= 0.6 is 0 Å². The molecule has 0 aliphatic heterocycles. The third-order valence-electron chi connectivity index (χ3n) is 4.38. The van der Waals surface area contributed by atoms with Gasteiger partial charge in [-0.15, -0.1) is 0 Å². The predicted molar refractivity (Wildman–Crippen MR) is 108 cm³/mol. The van der Waals surface area contributed by atoms with Crippen LogP contribution in [0.1, 0.15) is 83.1 Å². The first-order valence-corrected chi connectivity index (χ1v) is 11.9. The second-order valence-electron chi connectivity index (χ2n) is 6.99. The van der Waals surface area contributed by atoms with Crippen molar-refractivity contribution in [2.45, 2.75) is 84.2 Å². The molecule has 26 heavy (non-hydrogen) atoms. The Bertz CT molecular complexity index is 552. The number of ether oxygens (including phenoxy) is 1. The van der Waals surface area contributed by atoms with Crippen LogP contribution in [0.2, 0.25) is 0 Å². The normalized spacial score (nSPS) is 11.6. The highest BCUT2D eigenvalue weighted by Crippen LogP contribution is 2.15. The van der Waals surface area contributed by atoms with Gasteiger partial charge in [-0.1, -0.05) is 83.3 Å². The highest BCUT2D eigenvalue weighted by molar-refractivity contribution is 7.85. The van der Waals surface area contributed by atoms with E-state index in [1.807, 2.05) is 24.3 Å². The summed E-state index contributed by atoms with van der Waals surface area (Å²) in [5.41, 5.74) is 0.817. The van der Waals surface area contributed by atoms with Crippen LogP contribution in [0, 0.1) is 0 Å². The lowest BCUT2D eigenvalue weighted by Gasteiger charge is -2.07. The second-order valence-corrected chi connectivity index (χ2v) is 8.64. The molecule has 0 radical (unpaired) electrons. The van der Waals surface area contributed by atoms with Crippen molar-refractivity contribution in [3.8, 4) is 5.75 Å². The average molecular weight is 385 g/mol. The van der Waals surface area contributed by atoms with Crippen molar-refractivity contribution < 1.29 is 17.3 Å². The molecule has 5 heteroatoms. The van der Waals surface area contributed by atoms with E-state index in [-0.39, 0.29) is 6.61 Å². The van der Waals surface area contributed by atoms with E-state index < -0.39 is 10.1 Å². The van der Waals surface area contributed by atoms with Crippen LogP contribution in [0.3, 0.4) is 0 Å². The predicted octanol–water partition coefficient (Wildman–Crippen LogP) is 5.85. The standard InChI is InChI=1S/C21H36O4S/c1-3-4-5-6-7-8-9-10-11-12-13-18-24-21-16-14-20(15-17-21)19-25-26(2,22)23/h14-17H,3-13,18-19H2,1-2H3. The number of rotatable bonds is 16. The van der Waals surface area contributed by atoms with Gasteiger partial charge in [-0.05, 0) is 24.1 Å². The molecule has 0 saturated carbocycles. The Labute approximate surface area is 160 Å². The van der Waals surface area contributed by atoms with E-state index in [0.29, 0.717) is 0 Å². The van der Waals surface area contributed by atoms with Crippen LogP contribution < -0.4 is 4.74 Å². The molecule has 0 aromatic heterocycles. The molecule has 1 aromatic rings. The van der Waals surface area contributed by atoms with E-state index in [2.05, 4.69) is 6.92 Å². The summed E-state index contributed by atoms with van der Waals surface area (Å²) in [6, 6.07) is 7.39. The van der Waals surface area contributed by atoms with Crippen LogP contribution in [0.15, 0.2) is 24.3 Å². The first kappa shape index (κ1) is 23.0. The van der Waals surface area contributed by atoms with Gasteiger partial charge in [0.15, 0.2) is 0 Å². The molecule has 1 rings (SSSR count). The third kappa shape index (κ3) is 13.2. The Morgan fingerprint density at radius 1 is 0.769 bits per heavy atom. The lowest BCUT2D eigenvalue weighted by atomic mass is 10.1. The molecule has 0 fully saturated rings. The third-order valence-corrected chi connectivity index (χ3v) is 4.93. The molecule has 0 aliphatic rings. The molecule has 0 bridgehead atoms. The van der Waals surface area contributed by atoms with Gasteiger partial charge in [0.2, 0.25) is 0 Å². The first-order chi connectivity index (χ1) is 12.5. The summed E-state index contributed by atoms with van der Waals surface area (Å²) in [5, 5.41) is 0. The molecule has 0 N–H and O–H groups in total. The maximum absolute atomic E-state index is 11.0. The van der Waals surface area contributed by atoms with E-state index in [9.17, 15) is 8.42 Å². The van der Waals surface area contributed by atoms with E-state index in [4.69, 9.17) is 8.92 Å². The minimum atomic E-state index is -3.40. The SMILES string of the molecule is CCCCCCCCCCCCCOc1ccc(COS(C)(=O)=O)cc1. The Hall–Kier alpha value is -1.07. The summed E-state index contributed by atoms with van der Waals surface area (Å²) in [6.07, 6.45) is 15.6. The van der Waals surface area contributed by atoms with Gasteiger partial charge >= 0.3 is 0 Å². The number of benzene rings is 1. The van der Waals surface area contributed by atoms with Crippen molar-refractivity contribution in [3.63, 3.8) is 0 Å². The van der Waals surface area contributed by atoms with E-state index in [0.717, 1.165) is 30.6 Å². The Kier molecular flexibility index (Phi) is 12.4. The number of unbranched alkanes of at least 4 members (excludes halogenated alkanes) is 10. The van der Waals surface area contributed by atoms with Crippen molar-refractivity contribution in [1.29, 1.82) is 0 Å². The zero-order chi connectivity index (χ0) is 19.1. The fraction of sp³-hybridized carbons (Fsp3) is 0.714. The van der Waals surface area contributed by atoms with Crippen LogP contribution in [-0.4, -0.2) is 21.3 Å². The van der Waals surface area contributed by atoms with Crippen molar-refractivity contribution >= 4 is 10.1 Å². The van der Waals surface area contributed by atoms with Crippen molar-refractivity contribution in [2.75, 3.05) is 12.9 Å². The van der Waals surface area contributed by atoms with Crippen molar-refractivity contribution in [2.24, 2.45) is 0 Å². The maximum atomic E-state index is 11.0. The maximum Gasteiger partial charge on any atom is 0.264 e. The highest BCUT2D eigenvalue weighted by atomic mass is 32.2. The summed E-state index contributed by atoms with van der Waals surface area (Å²) in [5.74, 6) is 0.820. The number of hydrogen-bond acceptors (Lipinski definition) is 4. The monoisotopic (exact) mass is 384 g/mol. The zero-order valence-corrected chi connectivity index (χ0v) is 17.4. The summed E-state index contributed by atoms with van der Waals surface area (Å²) in [6.45, 7) is 3.06. The lowest BCUT2D eigenvalue weighted by Crippen LogP contribution is -2.02. The minimum Gasteiger partial charge on any atom is -0.494 e. The van der Waals surface area contributed by atoms with Gasteiger partial charge in [0.25, 0.3) is 10.1 Å². The largest absolute Gasteiger partial charge is 0.494 e. The smallest absolute Gasteiger partial charge is 0.264 e. The molecule has 0 aliphatic carbocycles. The lowest BCUT2D eigenvalue weighted by molar-refractivity contribution is 0.302. The molecule has 0 heterocycles. The van der Waals surface area contributed by atoms with Crippen LogP contribution in [0.4, 0.5) is 0 Å². The molecule has 1 aromatic carbocycles. The Balaban J connectivity index is 1.98. The van der Waals surface area contributed by atoms with Gasteiger partial charge in [-0.2, -0.15) is 8.42 Å². The van der Waals surface area contributed by atoms with Gasteiger partial charge in [-0.3, -0.25) is 4.18 Å². The minimum absolute atomic E-state index is 0.0672. The second kappa shape index (κ2) is 14.0. The molecular weight excluding hydrogens is 348 g/mol. The van der Waals surface area contributed by atoms with Gasteiger partial charge in [0.1, 0.15) is 5.75 Å². The molecule has 0 saturated heterocycles. The summed E-state index contributed by atoms with van der Waals surface area (Å²) < 4.78 is 32.4. The van der Waals surface area contributed by atoms with Crippen LogP contribution in [0.5, 0.6) is 5.75 Å². The molecule has 150 valence electrons. The fourth-order valence-corrected chi connectivity index (χ4v) is 3.16. The summed E-state index contributed by atoms with van der Waals surface area (Å²) >= 11 is 0. The first-order valence-electron chi connectivity index (χ1n) is 10.1. The van der Waals surface area contributed by atoms with Gasteiger partial charge in [-0.25, -0.2) is 0 Å². The Morgan fingerprint density at radius 3 is 1.77 bits per heavy atom.